The number of nitro benzene ring substituents is 1. The Bertz CT molecular complexity index is 899. The van der Waals surface area contributed by atoms with Crippen LogP contribution in [0.2, 0.25) is 0 Å². The maximum Gasteiger partial charge on any atom is 0.269 e. The van der Waals surface area contributed by atoms with E-state index in [9.17, 15) is 18.5 Å². The number of hydrogen-bond donors (Lipinski definition) is 0. The molecule has 25 heavy (non-hydrogen) atoms. The standard InChI is InChI=1S/C16H18N2O6S/c1-11-7-16(8-11,13-4-3-5-14(6-13)18(19)20)15-12(9-23-17-15)10-24-25(2,21)22/h3-6,9,11H,7-8,10H2,1-2H3. The lowest BCUT2D eigenvalue weighted by molar-refractivity contribution is -0.385. The van der Waals surface area contributed by atoms with E-state index in [0.29, 0.717) is 17.2 Å². The molecule has 2 aromatic rings. The van der Waals surface area contributed by atoms with Crippen LogP contribution in [0.15, 0.2) is 35.1 Å². The van der Waals surface area contributed by atoms with Crippen LogP contribution in [0.25, 0.3) is 0 Å². The molecule has 8 nitrogen and oxygen atoms in total. The third kappa shape index (κ3) is 3.42. The van der Waals surface area contributed by atoms with Gasteiger partial charge in [-0.2, -0.15) is 8.42 Å². The van der Waals surface area contributed by atoms with Gasteiger partial charge in [0.25, 0.3) is 15.8 Å². The van der Waals surface area contributed by atoms with Gasteiger partial charge in [0.1, 0.15) is 6.26 Å². The first-order valence-corrected chi connectivity index (χ1v) is 9.56. The van der Waals surface area contributed by atoms with Gasteiger partial charge in [0.2, 0.25) is 0 Å². The van der Waals surface area contributed by atoms with Crippen molar-refractivity contribution >= 4 is 15.8 Å². The molecule has 1 aromatic carbocycles. The molecule has 0 aliphatic heterocycles. The Hall–Kier alpha value is -2.26. The Balaban J connectivity index is 2.01. The smallest absolute Gasteiger partial charge is 0.269 e. The molecule has 0 saturated heterocycles. The third-order valence-electron chi connectivity index (χ3n) is 4.53. The Morgan fingerprint density at radius 1 is 1.44 bits per heavy atom. The molecular weight excluding hydrogens is 348 g/mol. The highest BCUT2D eigenvalue weighted by molar-refractivity contribution is 7.85. The number of non-ortho nitro benzene ring substituents is 1. The zero-order chi connectivity index (χ0) is 18.2. The molecule has 1 heterocycles. The molecule has 9 heteroatoms. The lowest BCUT2D eigenvalue weighted by atomic mass is 9.57. The Morgan fingerprint density at radius 2 is 2.16 bits per heavy atom. The average Bonchev–Trinajstić information content (AvgIpc) is 2.97. The van der Waals surface area contributed by atoms with E-state index in [0.717, 1.165) is 24.7 Å². The number of hydrogen-bond acceptors (Lipinski definition) is 7. The van der Waals surface area contributed by atoms with Crippen molar-refractivity contribution in [3.63, 3.8) is 0 Å². The largest absolute Gasteiger partial charge is 0.364 e. The van der Waals surface area contributed by atoms with Crippen LogP contribution in [0.5, 0.6) is 0 Å². The average molecular weight is 366 g/mol. The first kappa shape index (κ1) is 17.6. The van der Waals surface area contributed by atoms with E-state index in [1.54, 1.807) is 12.1 Å². The Morgan fingerprint density at radius 3 is 2.76 bits per heavy atom. The summed E-state index contributed by atoms with van der Waals surface area (Å²) in [5, 5.41) is 15.2. The van der Waals surface area contributed by atoms with Gasteiger partial charge in [-0.05, 0) is 24.3 Å². The van der Waals surface area contributed by atoms with E-state index >= 15 is 0 Å². The van der Waals surface area contributed by atoms with Gasteiger partial charge in [0.05, 0.1) is 23.5 Å². The normalized spacial score (nSPS) is 23.2. The molecule has 134 valence electrons. The van der Waals surface area contributed by atoms with Crippen LogP contribution >= 0.6 is 0 Å². The predicted molar refractivity (Wildman–Crippen MR) is 88.4 cm³/mol. The number of nitro groups is 1. The third-order valence-corrected chi connectivity index (χ3v) is 5.07. The highest BCUT2D eigenvalue weighted by atomic mass is 32.2. The minimum absolute atomic E-state index is 0.00820. The van der Waals surface area contributed by atoms with E-state index < -0.39 is 20.5 Å². The van der Waals surface area contributed by atoms with Crippen LogP contribution in [-0.4, -0.2) is 24.8 Å². The highest BCUT2D eigenvalue weighted by Gasteiger charge is 2.48. The predicted octanol–water partition coefficient (Wildman–Crippen LogP) is 2.78. The van der Waals surface area contributed by atoms with E-state index in [1.807, 2.05) is 6.07 Å². The van der Waals surface area contributed by atoms with Crippen molar-refractivity contribution in [3.05, 3.63) is 57.5 Å². The molecule has 1 saturated carbocycles. The summed E-state index contributed by atoms with van der Waals surface area (Å²) in [7, 11) is -3.60. The van der Waals surface area contributed by atoms with E-state index in [2.05, 4.69) is 12.1 Å². The molecule has 0 spiro atoms. The Kier molecular flexibility index (Phi) is 4.38. The minimum Gasteiger partial charge on any atom is -0.364 e. The monoisotopic (exact) mass is 366 g/mol. The van der Waals surface area contributed by atoms with Crippen molar-refractivity contribution < 1.29 is 22.0 Å². The van der Waals surface area contributed by atoms with Gasteiger partial charge in [-0.15, -0.1) is 0 Å². The summed E-state index contributed by atoms with van der Waals surface area (Å²) in [5.41, 5.74) is 1.36. The molecule has 1 fully saturated rings. The maximum absolute atomic E-state index is 11.3. The fourth-order valence-electron chi connectivity index (χ4n) is 3.54. The summed E-state index contributed by atoms with van der Waals surface area (Å²) < 4.78 is 32.5. The topological polar surface area (TPSA) is 113 Å². The second-order valence-corrected chi connectivity index (χ2v) is 8.20. The zero-order valence-electron chi connectivity index (χ0n) is 13.8. The molecule has 0 N–H and O–H groups in total. The van der Waals surface area contributed by atoms with Gasteiger partial charge in [-0.1, -0.05) is 24.2 Å². The highest BCUT2D eigenvalue weighted by Crippen LogP contribution is 2.53. The van der Waals surface area contributed by atoms with E-state index in [1.165, 1.54) is 12.3 Å². The molecule has 1 aromatic heterocycles. The van der Waals surface area contributed by atoms with Gasteiger partial charge >= 0.3 is 0 Å². The summed E-state index contributed by atoms with van der Waals surface area (Å²) in [5.74, 6) is 0.416. The first-order chi connectivity index (χ1) is 11.7. The first-order valence-electron chi connectivity index (χ1n) is 7.74. The van der Waals surface area contributed by atoms with Gasteiger partial charge in [0.15, 0.2) is 0 Å². The molecule has 1 aliphatic rings. The molecular formula is C16H18N2O6S. The summed E-state index contributed by atoms with van der Waals surface area (Å²) in [6.07, 6.45) is 3.82. The van der Waals surface area contributed by atoms with Gasteiger partial charge in [-0.25, -0.2) is 0 Å². The fourth-order valence-corrected chi connectivity index (χ4v) is 3.88. The summed E-state index contributed by atoms with van der Waals surface area (Å²) in [6, 6.07) is 6.46. The van der Waals surface area contributed by atoms with Crippen molar-refractivity contribution in [1.82, 2.24) is 5.16 Å². The van der Waals surface area contributed by atoms with Crippen LogP contribution in [0, 0.1) is 16.0 Å². The van der Waals surface area contributed by atoms with Gasteiger partial charge in [0, 0.05) is 23.1 Å². The van der Waals surface area contributed by atoms with Crippen molar-refractivity contribution in [2.24, 2.45) is 5.92 Å². The number of benzene rings is 1. The molecule has 0 radical (unpaired) electrons. The zero-order valence-corrected chi connectivity index (χ0v) is 14.7. The van der Waals surface area contributed by atoms with E-state index in [4.69, 9.17) is 8.71 Å². The second kappa shape index (κ2) is 6.23. The van der Waals surface area contributed by atoms with Crippen LogP contribution in [0.4, 0.5) is 5.69 Å². The van der Waals surface area contributed by atoms with Crippen molar-refractivity contribution in [3.8, 4) is 0 Å². The molecule has 3 rings (SSSR count). The quantitative estimate of drug-likeness (QED) is 0.439. The van der Waals surface area contributed by atoms with Gasteiger partial charge in [-0.3, -0.25) is 14.3 Å². The molecule has 0 unspecified atom stereocenters. The second-order valence-electron chi connectivity index (χ2n) is 6.56. The summed E-state index contributed by atoms with van der Waals surface area (Å²) in [6.45, 7) is 1.91. The van der Waals surface area contributed by atoms with Crippen molar-refractivity contribution in [1.29, 1.82) is 0 Å². The molecule has 0 atom stereocenters. The number of rotatable bonds is 6. The molecule has 1 aliphatic carbocycles. The number of aromatic nitrogens is 1. The SMILES string of the molecule is CC1CC(c2cccc([N+](=O)[O-])c2)(c2nocc2COS(C)(=O)=O)C1. The minimum atomic E-state index is -3.60. The Labute approximate surface area is 145 Å². The molecule has 0 bridgehead atoms. The maximum atomic E-state index is 11.3. The van der Waals surface area contributed by atoms with Crippen LogP contribution in [-0.2, 0) is 26.3 Å². The van der Waals surface area contributed by atoms with Crippen LogP contribution in [0.1, 0.15) is 36.6 Å². The lowest BCUT2D eigenvalue weighted by Gasteiger charge is -2.46. The van der Waals surface area contributed by atoms with Gasteiger partial charge < -0.3 is 4.52 Å². The van der Waals surface area contributed by atoms with Crippen LogP contribution < -0.4 is 0 Å². The summed E-state index contributed by atoms with van der Waals surface area (Å²) in [4.78, 5) is 10.7. The van der Waals surface area contributed by atoms with E-state index in [-0.39, 0.29) is 12.3 Å². The fraction of sp³-hybridized carbons (Fsp3) is 0.438. The van der Waals surface area contributed by atoms with Crippen LogP contribution in [0.3, 0.4) is 0 Å². The molecule has 0 amide bonds. The van der Waals surface area contributed by atoms with Crippen molar-refractivity contribution in [2.45, 2.75) is 31.8 Å². The number of nitrogens with zero attached hydrogens (tertiary/aromatic N) is 2. The lowest BCUT2D eigenvalue weighted by Crippen LogP contribution is -2.42. The summed E-state index contributed by atoms with van der Waals surface area (Å²) >= 11 is 0. The van der Waals surface area contributed by atoms with Crippen molar-refractivity contribution in [2.75, 3.05) is 6.26 Å².